The summed E-state index contributed by atoms with van der Waals surface area (Å²) in [6, 6.07) is 0. The van der Waals surface area contributed by atoms with Crippen LogP contribution in [0, 0.1) is 17.8 Å². The molecule has 1 saturated heterocycles. The van der Waals surface area contributed by atoms with Gasteiger partial charge in [-0.05, 0) is 38.5 Å². The Kier molecular flexibility index (Phi) is 6.64. The third-order valence-corrected chi connectivity index (χ3v) is 5.09. The van der Waals surface area contributed by atoms with Crippen molar-refractivity contribution < 1.29 is 9.53 Å². The second kappa shape index (κ2) is 7.49. The summed E-state index contributed by atoms with van der Waals surface area (Å²) in [6.07, 6.45) is 2.42. The molecule has 4 heteroatoms. The number of amides is 1. The van der Waals surface area contributed by atoms with Crippen LogP contribution in [-0.2, 0) is 9.53 Å². The van der Waals surface area contributed by atoms with E-state index in [4.69, 9.17) is 4.74 Å². The van der Waals surface area contributed by atoms with Gasteiger partial charge >= 0.3 is 0 Å². The van der Waals surface area contributed by atoms with Gasteiger partial charge < -0.3 is 10.1 Å². The molecule has 106 valence electrons. The molecule has 5 atom stereocenters. The zero-order valence-corrected chi connectivity index (χ0v) is 13.5. The summed E-state index contributed by atoms with van der Waals surface area (Å²) in [5.74, 6) is 1.15. The number of halogens is 1. The van der Waals surface area contributed by atoms with Crippen molar-refractivity contribution in [3.8, 4) is 0 Å². The maximum absolute atomic E-state index is 12.1. The van der Waals surface area contributed by atoms with Crippen LogP contribution in [0.2, 0.25) is 0 Å². The third-order valence-electron chi connectivity index (χ3n) is 3.98. The van der Waals surface area contributed by atoms with Crippen LogP contribution in [0.4, 0.5) is 0 Å². The molecule has 3 nitrogen and oxygen atoms in total. The Morgan fingerprint density at radius 3 is 2.50 bits per heavy atom. The van der Waals surface area contributed by atoms with Crippen LogP contribution in [0.3, 0.4) is 0 Å². The van der Waals surface area contributed by atoms with Crippen molar-refractivity contribution in [3.63, 3.8) is 0 Å². The topological polar surface area (TPSA) is 38.3 Å². The minimum atomic E-state index is 0.00796. The molecule has 0 aromatic rings. The Morgan fingerprint density at radius 1 is 1.33 bits per heavy atom. The number of hydrogen-bond donors (Lipinski definition) is 1. The van der Waals surface area contributed by atoms with Crippen LogP contribution in [-0.4, -0.2) is 30.0 Å². The largest absolute Gasteiger partial charge is 0.374 e. The first-order valence-corrected chi connectivity index (χ1v) is 8.08. The lowest BCUT2D eigenvalue weighted by Crippen LogP contribution is -2.37. The summed E-state index contributed by atoms with van der Waals surface area (Å²) < 4.78 is 5.70. The van der Waals surface area contributed by atoms with Gasteiger partial charge in [-0.3, -0.25) is 4.79 Å². The van der Waals surface area contributed by atoms with Crippen molar-refractivity contribution in [2.45, 2.75) is 52.7 Å². The summed E-state index contributed by atoms with van der Waals surface area (Å²) in [4.78, 5) is 12.1. The Hall–Kier alpha value is -0.0900. The molecular formula is C14H26BrNO2. The SMILES string of the molecule is CC(CBr)CCCNC(=O)C1C(C)OC(C)C1C. The lowest BCUT2D eigenvalue weighted by Gasteiger charge is -2.18. The molecule has 0 aromatic carbocycles. The highest BCUT2D eigenvalue weighted by atomic mass is 79.9. The Labute approximate surface area is 119 Å². The predicted octanol–water partition coefficient (Wildman–Crippen LogP) is 2.97. The van der Waals surface area contributed by atoms with Gasteiger partial charge in [-0.2, -0.15) is 0 Å². The smallest absolute Gasteiger partial charge is 0.226 e. The molecule has 0 spiro atoms. The van der Waals surface area contributed by atoms with Crippen molar-refractivity contribution in [3.05, 3.63) is 0 Å². The Morgan fingerprint density at radius 2 is 2.00 bits per heavy atom. The van der Waals surface area contributed by atoms with Gasteiger partial charge in [0.05, 0.1) is 18.1 Å². The summed E-state index contributed by atoms with van der Waals surface area (Å²) in [7, 11) is 0. The molecule has 1 N–H and O–H groups in total. The van der Waals surface area contributed by atoms with Crippen molar-refractivity contribution in [1.82, 2.24) is 5.32 Å². The van der Waals surface area contributed by atoms with E-state index >= 15 is 0 Å². The number of rotatable bonds is 6. The van der Waals surface area contributed by atoms with E-state index in [1.807, 2.05) is 13.8 Å². The minimum Gasteiger partial charge on any atom is -0.374 e. The maximum Gasteiger partial charge on any atom is 0.226 e. The molecule has 0 bridgehead atoms. The summed E-state index contributed by atoms with van der Waals surface area (Å²) in [5, 5.41) is 4.08. The molecule has 18 heavy (non-hydrogen) atoms. The standard InChI is InChI=1S/C14H26BrNO2/c1-9(8-15)6-5-7-16-14(17)13-10(2)11(3)18-12(13)4/h9-13H,5-8H2,1-4H3,(H,16,17). The van der Waals surface area contributed by atoms with Crippen LogP contribution >= 0.6 is 15.9 Å². The van der Waals surface area contributed by atoms with Crippen molar-refractivity contribution >= 4 is 21.8 Å². The summed E-state index contributed by atoms with van der Waals surface area (Å²) in [5.41, 5.74) is 0. The molecule has 0 saturated carbocycles. The molecule has 0 aliphatic carbocycles. The number of nitrogens with one attached hydrogen (secondary N) is 1. The quantitative estimate of drug-likeness (QED) is 0.603. The van der Waals surface area contributed by atoms with E-state index in [0.29, 0.717) is 11.8 Å². The third kappa shape index (κ3) is 4.23. The zero-order chi connectivity index (χ0) is 13.7. The predicted molar refractivity (Wildman–Crippen MR) is 77.9 cm³/mol. The normalized spacial score (nSPS) is 33.4. The Bertz CT molecular complexity index is 273. The minimum absolute atomic E-state index is 0.00796. The van der Waals surface area contributed by atoms with E-state index in [1.54, 1.807) is 0 Å². The van der Waals surface area contributed by atoms with Gasteiger partial charge in [0.2, 0.25) is 5.91 Å². The second-order valence-corrected chi connectivity index (χ2v) is 6.27. The van der Waals surface area contributed by atoms with Gasteiger partial charge in [-0.25, -0.2) is 0 Å². The highest BCUT2D eigenvalue weighted by molar-refractivity contribution is 9.09. The fourth-order valence-corrected chi connectivity index (χ4v) is 2.90. The monoisotopic (exact) mass is 319 g/mol. The van der Waals surface area contributed by atoms with E-state index < -0.39 is 0 Å². The lowest BCUT2D eigenvalue weighted by molar-refractivity contribution is -0.127. The molecule has 1 heterocycles. The fourth-order valence-electron chi connectivity index (χ4n) is 2.58. The average Bonchev–Trinajstić information content (AvgIpc) is 2.58. The van der Waals surface area contributed by atoms with Crippen LogP contribution < -0.4 is 5.32 Å². The lowest BCUT2D eigenvalue weighted by atomic mass is 9.89. The van der Waals surface area contributed by atoms with Crippen LogP contribution in [0.1, 0.15) is 40.5 Å². The van der Waals surface area contributed by atoms with Crippen molar-refractivity contribution in [2.75, 3.05) is 11.9 Å². The summed E-state index contributed by atoms with van der Waals surface area (Å²) >= 11 is 3.47. The number of carbonyl (C=O) groups excluding carboxylic acids is 1. The average molecular weight is 320 g/mol. The number of ether oxygens (including phenoxy) is 1. The molecule has 0 aromatic heterocycles. The number of hydrogen-bond acceptors (Lipinski definition) is 2. The van der Waals surface area contributed by atoms with E-state index in [0.717, 1.165) is 24.7 Å². The van der Waals surface area contributed by atoms with Crippen molar-refractivity contribution in [2.24, 2.45) is 17.8 Å². The summed E-state index contributed by atoms with van der Waals surface area (Å²) in [6.45, 7) is 9.14. The van der Waals surface area contributed by atoms with Gasteiger partial charge in [0.25, 0.3) is 0 Å². The number of carbonyl (C=O) groups is 1. The Balaban J connectivity index is 2.28. The van der Waals surface area contributed by atoms with Crippen LogP contribution in [0.15, 0.2) is 0 Å². The van der Waals surface area contributed by atoms with Gasteiger partial charge in [0.15, 0.2) is 0 Å². The second-order valence-electron chi connectivity index (χ2n) is 5.62. The van der Waals surface area contributed by atoms with E-state index in [2.05, 4.69) is 35.1 Å². The number of alkyl halides is 1. The molecule has 1 rings (SSSR count). The fraction of sp³-hybridized carbons (Fsp3) is 0.929. The highest BCUT2D eigenvalue weighted by Gasteiger charge is 2.41. The maximum atomic E-state index is 12.1. The van der Waals surface area contributed by atoms with E-state index in [1.165, 1.54) is 0 Å². The van der Waals surface area contributed by atoms with Crippen molar-refractivity contribution in [1.29, 1.82) is 0 Å². The molecule has 1 aliphatic heterocycles. The highest BCUT2D eigenvalue weighted by Crippen LogP contribution is 2.32. The molecule has 1 amide bonds. The zero-order valence-electron chi connectivity index (χ0n) is 11.9. The van der Waals surface area contributed by atoms with E-state index in [-0.39, 0.29) is 24.0 Å². The van der Waals surface area contributed by atoms with E-state index in [9.17, 15) is 4.79 Å². The van der Waals surface area contributed by atoms with Gasteiger partial charge in [-0.15, -0.1) is 0 Å². The van der Waals surface area contributed by atoms with Crippen LogP contribution in [0.25, 0.3) is 0 Å². The van der Waals surface area contributed by atoms with Gasteiger partial charge in [0.1, 0.15) is 0 Å². The molecule has 5 unspecified atom stereocenters. The first-order chi connectivity index (χ1) is 8.47. The van der Waals surface area contributed by atoms with Crippen LogP contribution in [0.5, 0.6) is 0 Å². The molecule has 1 fully saturated rings. The molecule has 1 aliphatic rings. The first-order valence-electron chi connectivity index (χ1n) is 6.96. The molecule has 0 radical (unpaired) electrons. The van der Waals surface area contributed by atoms with Gasteiger partial charge in [-0.1, -0.05) is 29.8 Å². The first kappa shape index (κ1) is 16.0. The van der Waals surface area contributed by atoms with Gasteiger partial charge in [0, 0.05) is 11.9 Å². The molecular weight excluding hydrogens is 294 g/mol.